The number of hydrogen-bond acceptors (Lipinski definition) is 4. The minimum Gasteiger partial charge on any atom is -0.494 e. The summed E-state index contributed by atoms with van der Waals surface area (Å²) in [5, 5.41) is 19.4. The lowest BCUT2D eigenvalue weighted by molar-refractivity contribution is 0.333. The first-order valence-electron chi connectivity index (χ1n) is 8.89. The number of amidine groups is 1. The first kappa shape index (κ1) is 17.8. The lowest BCUT2D eigenvalue weighted by Gasteiger charge is -2.28. The largest absolute Gasteiger partial charge is 0.494 e. The molecule has 1 atom stereocenters. The van der Waals surface area contributed by atoms with Gasteiger partial charge in [-0.25, -0.2) is 4.79 Å². The molecule has 0 aliphatic carbocycles. The van der Waals surface area contributed by atoms with Crippen molar-refractivity contribution in [2.75, 3.05) is 0 Å². The molecule has 0 fully saturated rings. The van der Waals surface area contributed by atoms with Crippen LogP contribution in [0.4, 0.5) is 0 Å². The Morgan fingerprint density at radius 1 is 0.964 bits per heavy atom. The van der Waals surface area contributed by atoms with Crippen molar-refractivity contribution in [3.8, 4) is 5.88 Å². The van der Waals surface area contributed by atoms with Crippen LogP contribution in [0.3, 0.4) is 0 Å². The maximum atomic E-state index is 13.0. The Bertz CT molecular complexity index is 1190. The van der Waals surface area contributed by atoms with E-state index in [1.54, 1.807) is 4.90 Å². The third kappa shape index (κ3) is 2.55. The summed E-state index contributed by atoms with van der Waals surface area (Å²) in [4.78, 5) is 26.9. The summed E-state index contributed by atoms with van der Waals surface area (Å²) >= 11 is 0. The molecule has 0 bridgehead atoms. The second-order valence-electron chi connectivity index (χ2n) is 6.89. The van der Waals surface area contributed by atoms with Gasteiger partial charge in [-0.1, -0.05) is 54.6 Å². The Morgan fingerprint density at radius 3 is 2.32 bits per heavy atom. The second kappa shape index (κ2) is 6.53. The van der Waals surface area contributed by atoms with Gasteiger partial charge in [0.25, 0.3) is 5.56 Å². The van der Waals surface area contributed by atoms with Gasteiger partial charge in [-0.15, -0.1) is 0 Å². The van der Waals surface area contributed by atoms with E-state index in [1.165, 1.54) is 14.1 Å². The normalized spacial score (nSPS) is 15.7. The predicted molar refractivity (Wildman–Crippen MR) is 106 cm³/mol. The van der Waals surface area contributed by atoms with Crippen LogP contribution in [0.2, 0.25) is 0 Å². The highest BCUT2D eigenvalue weighted by atomic mass is 16.3. The van der Waals surface area contributed by atoms with Gasteiger partial charge in [0.1, 0.15) is 11.4 Å². The molecule has 1 aliphatic heterocycles. The van der Waals surface area contributed by atoms with Crippen LogP contribution >= 0.6 is 0 Å². The third-order valence-corrected chi connectivity index (χ3v) is 5.25. The van der Waals surface area contributed by atoms with Crippen LogP contribution in [-0.4, -0.2) is 25.0 Å². The van der Waals surface area contributed by atoms with E-state index in [2.05, 4.69) is 0 Å². The minimum absolute atomic E-state index is 0.0928. The Balaban J connectivity index is 1.96. The fraction of sp³-hybridized carbons (Fsp3) is 0.190. The number of aromatic hydroxyl groups is 1. The van der Waals surface area contributed by atoms with Crippen molar-refractivity contribution in [2.24, 2.45) is 14.1 Å². The molecule has 4 rings (SSSR count). The van der Waals surface area contributed by atoms with E-state index < -0.39 is 17.3 Å². The molecule has 1 unspecified atom stereocenters. The molecule has 0 saturated heterocycles. The first-order chi connectivity index (χ1) is 13.4. The van der Waals surface area contributed by atoms with Crippen molar-refractivity contribution in [1.29, 1.82) is 5.41 Å². The molecule has 3 aromatic rings. The molecular weight excluding hydrogens is 356 g/mol. The van der Waals surface area contributed by atoms with Crippen LogP contribution in [-0.2, 0) is 20.6 Å². The van der Waals surface area contributed by atoms with Crippen molar-refractivity contribution in [2.45, 2.75) is 12.6 Å². The molecular formula is C21H20N4O3. The molecule has 1 aromatic heterocycles. The number of aromatic nitrogens is 2. The SMILES string of the molecule is Cn1c(O)c(C2c3ccccc3C(=N)N2Cc2ccccc2)c(=O)n(C)c1=O. The summed E-state index contributed by atoms with van der Waals surface area (Å²) in [6, 6.07) is 16.4. The van der Waals surface area contributed by atoms with Gasteiger partial charge < -0.3 is 10.0 Å². The van der Waals surface area contributed by atoms with Gasteiger partial charge in [0, 0.05) is 26.2 Å². The second-order valence-corrected chi connectivity index (χ2v) is 6.89. The van der Waals surface area contributed by atoms with E-state index in [1.807, 2.05) is 54.6 Å². The highest BCUT2D eigenvalue weighted by Gasteiger charge is 2.39. The van der Waals surface area contributed by atoms with Gasteiger partial charge in [-0.05, 0) is 11.1 Å². The number of hydrogen-bond donors (Lipinski definition) is 2. The Hall–Kier alpha value is -3.61. The topological polar surface area (TPSA) is 91.3 Å². The number of nitrogens with one attached hydrogen (secondary N) is 1. The molecule has 2 heterocycles. The van der Waals surface area contributed by atoms with Gasteiger partial charge >= 0.3 is 5.69 Å². The van der Waals surface area contributed by atoms with Crippen LogP contribution in [0, 0.1) is 5.41 Å². The zero-order valence-electron chi connectivity index (χ0n) is 15.6. The van der Waals surface area contributed by atoms with Crippen molar-refractivity contribution >= 4 is 5.84 Å². The average Bonchev–Trinajstić information content (AvgIpc) is 2.98. The standard InChI is InChI=1S/C21H20N4O3/c1-23-19(26)16(20(27)24(2)21(23)28)17-14-10-6-7-11-15(14)18(22)25(17)12-13-8-4-3-5-9-13/h3-11,17,22,26H,12H2,1-2H3. The van der Waals surface area contributed by atoms with Crippen LogP contribution < -0.4 is 11.2 Å². The number of rotatable bonds is 3. The van der Waals surface area contributed by atoms with Gasteiger partial charge in [-0.2, -0.15) is 0 Å². The van der Waals surface area contributed by atoms with Crippen molar-refractivity contribution in [1.82, 2.24) is 14.0 Å². The highest BCUT2D eigenvalue weighted by Crippen LogP contribution is 2.40. The van der Waals surface area contributed by atoms with E-state index in [4.69, 9.17) is 5.41 Å². The number of benzene rings is 2. The van der Waals surface area contributed by atoms with Crippen molar-refractivity contribution < 1.29 is 5.11 Å². The van der Waals surface area contributed by atoms with Crippen LogP contribution in [0.5, 0.6) is 5.88 Å². The number of fused-ring (bicyclic) bond motifs is 1. The van der Waals surface area contributed by atoms with E-state index in [0.717, 1.165) is 20.3 Å². The molecule has 7 heteroatoms. The summed E-state index contributed by atoms with van der Waals surface area (Å²) in [5.74, 6) is -0.0968. The van der Waals surface area contributed by atoms with Crippen LogP contribution in [0.1, 0.15) is 28.3 Å². The molecule has 0 spiro atoms. The third-order valence-electron chi connectivity index (χ3n) is 5.25. The highest BCUT2D eigenvalue weighted by molar-refractivity contribution is 6.01. The monoisotopic (exact) mass is 376 g/mol. The van der Waals surface area contributed by atoms with E-state index in [0.29, 0.717) is 12.1 Å². The fourth-order valence-electron chi connectivity index (χ4n) is 3.76. The average molecular weight is 376 g/mol. The van der Waals surface area contributed by atoms with Gasteiger partial charge in [-0.3, -0.25) is 19.3 Å². The zero-order valence-corrected chi connectivity index (χ0v) is 15.6. The predicted octanol–water partition coefficient (Wildman–Crippen LogP) is 1.72. The lowest BCUT2D eigenvalue weighted by Crippen LogP contribution is -2.41. The molecule has 28 heavy (non-hydrogen) atoms. The molecule has 7 nitrogen and oxygen atoms in total. The maximum Gasteiger partial charge on any atom is 0.333 e. The van der Waals surface area contributed by atoms with Gasteiger partial charge in [0.2, 0.25) is 5.88 Å². The molecule has 0 saturated carbocycles. The van der Waals surface area contributed by atoms with Gasteiger partial charge in [0.05, 0.1) is 6.04 Å². The van der Waals surface area contributed by atoms with E-state index in [9.17, 15) is 14.7 Å². The van der Waals surface area contributed by atoms with Crippen molar-refractivity contribution in [3.05, 3.63) is 97.7 Å². The molecule has 2 aromatic carbocycles. The fourth-order valence-corrected chi connectivity index (χ4v) is 3.76. The summed E-state index contributed by atoms with van der Waals surface area (Å²) in [7, 11) is 2.82. The van der Waals surface area contributed by atoms with Crippen LogP contribution in [0.25, 0.3) is 0 Å². The summed E-state index contributed by atoms with van der Waals surface area (Å²) < 4.78 is 2.04. The summed E-state index contributed by atoms with van der Waals surface area (Å²) in [6.07, 6.45) is 0. The van der Waals surface area contributed by atoms with Crippen molar-refractivity contribution in [3.63, 3.8) is 0 Å². The molecule has 2 N–H and O–H groups in total. The summed E-state index contributed by atoms with van der Waals surface area (Å²) in [5.41, 5.74) is 1.38. The minimum atomic E-state index is -0.658. The van der Waals surface area contributed by atoms with Gasteiger partial charge in [0.15, 0.2) is 0 Å². The molecule has 142 valence electrons. The van der Waals surface area contributed by atoms with E-state index >= 15 is 0 Å². The number of nitrogens with zero attached hydrogens (tertiary/aromatic N) is 3. The lowest BCUT2D eigenvalue weighted by atomic mass is 9.99. The molecule has 0 radical (unpaired) electrons. The maximum absolute atomic E-state index is 13.0. The Morgan fingerprint density at radius 2 is 1.61 bits per heavy atom. The first-order valence-corrected chi connectivity index (χ1v) is 8.89. The molecule has 1 aliphatic rings. The quantitative estimate of drug-likeness (QED) is 0.728. The van der Waals surface area contributed by atoms with Crippen LogP contribution in [0.15, 0.2) is 64.2 Å². The Labute approximate surface area is 161 Å². The Kier molecular flexibility index (Phi) is 4.15. The molecule has 0 amide bonds. The van der Waals surface area contributed by atoms with E-state index in [-0.39, 0.29) is 17.3 Å². The smallest absolute Gasteiger partial charge is 0.333 e. The zero-order chi connectivity index (χ0) is 20.0. The summed E-state index contributed by atoms with van der Waals surface area (Å²) in [6.45, 7) is 0.393.